The van der Waals surface area contributed by atoms with Crippen LogP contribution in [-0.4, -0.2) is 37.1 Å². The van der Waals surface area contributed by atoms with Crippen LogP contribution < -0.4 is 23.7 Å². The largest absolute Gasteiger partial charge is 0.496 e. The third-order valence-electron chi connectivity index (χ3n) is 4.74. The Morgan fingerprint density at radius 1 is 0.794 bits per heavy atom. The zero-order valence-electron chi connectivity index (χ0n) is 19.3. The van der Waals surface area contributed by atoms with Crippen molar-refractivity contribution in [1.29, 1.82) is 0 Å². The quantitative estimate of drug-likeness (QED) is 0.458. The van der Waals surface area contributed by atoms with E-state index in [2.05, 4.69) is 0 Å². The Balaban J connectivity index is 2.07. The number of fused-ring (bicyclic) bond motifs is 1. The van der Waals surface area contributed by atoms with Crippen molar-refractivity contribution in [1.82, 2.24) is 0 Å². The topological polar surface area (TPSA) is 124 Å². The number of benzene rings is 2. The third kappa shape index (κ3) is 5.83. The van der Waals surface area contributed by atoms with E-state index < -0.39 is 36.1 Å². The molecule has 0 amide bonds. The van der Waals surface area contributed by atoms with Gasteiger partial charge in [-0.25, -0.2) is 0 Å². The van der Waals surface area contributed by atoms with Crippen LogP contribution in [0.15, 0.2) is 30.3 Å². The summed E-state index contributed by atoms with van der Waals surface area (Å²) >= 11 is 0. The molecule has 0 unspecified atom stereocenters. The summed E-state index contributed by atoms with van der Waals surface area (Å²) in [5.41, 5.74) is 1.11. The van der Waals surface area contributed by atoms with Crippen LogP contribution in [0.5, 0.6) is 28.7 Å². The molecule has 1 aliphatic heterocycles. The fraction of sp³-hybridized carbons (Fsp3) is 0.333. The molecular weight excluding hydrogens is 448 g/mol. The van der Waals surface area contributed by atoms with Gasteiger partial charge in [-0.05, 0) is 12.1 Å². The number of rotatable bonds is 6. The molecule has 0 spiro atoms. The Morgan fingerprint density at radius 2 is 1.44 bits per heavy atom. The molecule has 0 fully saturated rings. The highest BCUT2D eigenvalue weighted by Crippen LogP contribution is 2.44. The molecule has 1 heterocycles. The predicted octanol–water partition coefficient (Wildman–Crippen LogP) is 3.08. The maximum absolute atomic E-state index is 11.8. The molecule has 0 aliphatic carbocycles. The Kier molecular flexibility index (Phi) is 7.40. The monoisotopic (exact) mass is 472 g/mol. The van der Waals surface area contributed by atoms with E-state index in [9.17, 15) is 19.2 Å². The first-order valence-electron chi connectivity index (χ1n) is 10.3. The van der Waals surface area contributed by atoms with E-state index in [1.54, 1.807) is 12.1 Å². The number of ether oxygens (including phenoxy) is 6. The summed E-state index contributed by atoms with van der Waals surface area (Å²) in [5, 5.41) is 0. The Morgan fingerprint density at radius 3 is 2.03 bits per heavy atom. The Bertz CT molecular complexity index is 1140. The standard InChI is InChI=1S/C24H24O10/c1-12(25)30-17-9-20(29-5)18-11-23(33-15(4)28)24(34-21(18)10-17)16-6-7-19(31-13(2)26)22(8-16)32-14(3)27/h6-10,23-24H,11H2,1-5H3/t23-,24-/m1/s1. The predicted molar refractivity (Wildman–Crippen MR) is 116 cm³/mol. The highest BCUT2D eigenvalue weighted by molar-refractivity contribution is 5.74. The molecule has 0 bridgehead atoms. The SMILES string of the molecule is COc1cc(OC(C)=O)cc2c1C[C@@H](OC(C)=O)[C@@H](c1ccc(OC(C)=O)c(OC(C)=O)c1)O2. The molecule has 2 atom stereocenters. The van der Waals surface area contributed by atoms with Gasteiger partial charge in [0.2, 0.25) is 0 Å². The minimum atomic E-state index is -0.825. The van der Waals surface area contributed by atoms with Crippen molar-refractivity contribution >= 4 is 23.9 Å². The van der Waals surface area contributed by atoms with E-state index >= 15 is 0 Å². The lowest BCUT2D eigenvalue weighted by Gasteiger charge is -2.34. The van der Waals surface area contributed by atoms with Crippen LogP contribution in [0.3, 0.4) is 0 Å². The molecule has 0 aromatic heterocycles. The molecule has 0 saturated carbocycles. The van der Waals surface area contributed by atoms with Crippen molar-refractivity contribution in [2.45, 2.75) is 46.3 Å². The van der Waals surface area contributed by atoms with Gasteiger partial charge >= 0.3 is 23.9 Å². The number of hydrogen-bond acceptors (Lipinski definition) is 10. The van der Waals surface area contributed by atoms with Crippen molar-refractivity contribution in [2.75, 3.05) is 7.11 Å². The second kappa shape index (κ2) is 10.2. The molecule has 3 rings (SSSR count). The lowest BCUT2D eigenvalue weighted by molar-refractivity contribution is -0.152. The van der Waals surface area contributed by atoms with Crippen molar-refractivity contribution in [3.05, 3.63) is 41.5 Å². The van der Waals surface area contributed by atoms with Crippen molar-refractivity contribution in [3.8, 4) is 28.7 Å². The molecule has 34 heavy (non-hydrogen) atoms. The van der Waals surface area contributed by atoms with E-state index in [0.717, 1.165) is 0 Å². The summed E-state index contributed by atoms with van der Waals surface area (Å²) in [6, 6.07) is 7.61. The van der Waals surface area contributed by atoms with Crippen LogP contribution in [-0.2, 0) is 30.3 Å². The van der Waals surface area contributed by atoms with Crippen LogP contribution in [0.4, 0.5) is 0 Å². The van der Waals surface area contributed by atoms with E-state index in [0.29, 0.717) is 22.6 Å². The number of hydrogen-bond donors (Lipinski definition) is 0. The van der Waals surface area contributed by atoms with Crippen LogP contribution in [0.2, 0.25) is 0 Å². The highest BCUT2D eigenvalue weighted by Gasteiger charge is 2.36. The average Bonchev–Trinajstić information content (AvgIpc) is 2.72. The number of esters is 4. The fourth-order valence-electron chi connectivity index (χ4n) is 3.60. The smallest absolute Gasteiger partial charge is 0.308 e. The maximum Gasteiger partial charge on any atom is 0.308 e. The second-order valence-electron chi connectivity index (χ2n) is 7.48. The van der Waals surface area contributed by atoms with Gasteiger partial charge in [-0.3, -0.25) is 19.2 Å². The Hall–Kier alpha value is -4.08. The molecule has 0 saturated heterocycles. The second-order valence-corrected chi connectivity index (χ2v) is 7.48. The number of carbonyl (C=O) groups excluding carboxylic acids is 4. The molecule has 10 nitrogen and oxygen atoms in total. The molecule has 2 aromatic carbocycles. The number of methoxy groups -OCH3 is 1. The molecule has 10 heteroatoms. The summed E-state index contributed by atoms with van der Waals surface area (Å²) < 4.78 is 32.6. The minimum absolute atomic E-state index is 0.00224. The van der Waals surface area contributed by atoms with Gasteiger partial charge in [0, 0.05) is 57.4 Å². The van der Waals surface area contributed by atoms with Gasteiger partial charge in [0.1, 0.15) is 23.4 Å². The van der Waals surface area contributed by atoms with Crippen LogP contribution >= 0.6 is 0 Å². The van der Waals surface area contributed by atoms with Gasteiger partial charge in [0.15, 0.2) is 17.6 Å². The maximum atomic E-state index is 11.8. The van der Waals surface area contributed by atoms with E-state index in [-0.39, 0.29) is 23.7 Å². The molecule has 180 valence electrons. The highest BCUT2D eigenvalue weighted by atomic mass is 16.6. The molecular formula is C24H24O10. The third-order valence-corrected chi connectivity index (χ3v) is 4.74. The van der Waals surface area contributed by atoms with Crippen LogP contribution in [0.1, 0.15) is 44.9 Å². The van der Waals surface area contributed by atoms with E-state index in [1.807, 2.05) is 0 Å². The summed E-state index contributed by atoms with van der Waals surface area (Å²) in [7, 11) is 1.46. The first kappa shape index (κ1) is 24.6. The van der Waals surface area contributed by atoms with Crippen molar-refractivity contribution < 1.29 is 47.6 Å². The van der Waals surface area contributed by atoms with Crippen molar-refractivity contribution in [3.63, 3.8) is 0 Å². The van der Waals surface area contributed by atoms with Gasteiger partial charge in [0.05, 0.1) is 7.11 Å². The molecule has 1 aliphatic rings. The van der Waals surface area contributed by atoms with E-state index in [1.165, 1.54) is 53.0 Å². The summed E-state index contributed by atoms with van der Waals surface area (Å²) in [4.78, 5) is 46.3. The summed E-state index contributed by atoms with van der Waals surface area (Å²) in [6.07, 6.45) is -1.35. The lowest BCUT2D eigenvalue weighted by Crippen LogP contribution is -2.34. The van der Waals surface area contributed by atoms with Gasteiger partial charge in [-0.1, -0.05) is 6.07 Å². The van der Waals surface area contributed by atoms with Crippen molar-refractivity contribution in [2.24, 2.45) is 0 Å². The number of carbonyl (C=O) groups is 4. The summed E-state index contributed by atoms with van der Waals surface area (Å²) in [5.74, 6) is -1.21. The fourth-order valence-corrected chi connectivity index (χ4v) is 3.60. The van der Waals surface area contributed by atoms with Gasteiger partial charge < -0.3 is 28.4 Å². The van der Waals surface area contributed by atoms with Crippen LogP contribution in [0, 0.1) is 0 Å². The van der Waals surface area contributed by atoms with Crippen LogP contribution in [0.25, 0.3) is 0 Å². The van der Waals surface area contributed by atoms with Gasteiger partial charge in [-0.15, -0.1) is 0 Å². The minimum Gasteiger partial charge on any atom is -0.496 e. The molecule has 0 radical (unpaired) electrons. The average molecular weight is 472 g/mol. The zero-order valence-corrected chi connectivity index (χ0v) is 19.3. The van der Waals surface area contributed by atoms with Gasteiger partial charge in [0.25, 0.3) is 0 Å². The van der Waals surface area contributed by atoms with Gasteiger partial charge in [-0.2, -0.15) is 0 Å². The first-order chi connectivity index (χ1) is 16.1. The lowest BCUT2D eigenvalue weighted by atomic mass is 9.93. The summed E-state index contributed by atoms with van der Waals surface area (Å²) in [6.45, 7) is 4.98. The zero-order chi connectivity index (χ0) is 25.0. The normalized spacial score (nSPS) is 16.4. The Labute approximate surface area is 195 Å². The first-order valence-corrected chi connectivity index (χ1v) is 10.3. The van der Waals surface area contributed by atoms with E-state index in [4.69, 9.17) is 28.4 Å². The molecule has 2 aromatic rings. The molecule has 0 N–H and O–H groups in total.